The highest BCUT2D eigenvalue weighted by atomic mass is 16.5. The molecular weight excluding hydrogens is 416 g/mol. The lowest BCUT2D eigenvalue weighted by Crippen LogP contribution is -2.37. The molecule has 0 spiro atoms. The predicted molar refractivity (Wildman–Crippen MR) is 125 cm³/mol. The van der Waals surface area contributed by atoms with E-state index in [9.17, 15) is 4.79 Å². The summed E-state index contributed by atoms with van der Waals surface area (Å²) in [5.41, 5.74) is 11.0. The Balaban J connectivity index is 1.46. The zero-order valence-electron chi connectivity index (χ0n) is 18.4. The minimum atomic E-state index is -0.0318. The van der Waals surface area contributed by atoms with E-state index in [-0.39, 0.29) is 5.91 Å². The molecule has 1 fully saturated rings. The number of rotatable bonds is 5. The van der Waals surface area contributed by atoms with E-state index < -0.39 is 0 Å². The zero-order chi connectivity index (χ0) is 22.8. The Bertz CT molecular complexity index is 1230. The molecule has 168 valence electrons. The van der Waals surface area contributed by atoms with E-state index in [1.807, 2.05) is 35.2 Å². The van der Waals surface area contributed by atoms with Crippen LogP contribution in [0, 0.1) is 18.3 Å². The molecule has 7 nitrogen and oxygen atoms in total. The van der Waals surface area contributed by atoms with E-state index >= 15 is 0 Å². The number of amides is 1. The van der Waals surface area contributed by atoms with E-state index in [0.29, 0.717) is 43.6 Å². The van der Waals surface area contributed by atoms with Gasteiger partial charge in [-0.3, -0.25) is 9.78 Å². The number of nitrogens with zero attached hydrogens (tertiary/aromatic N) is 3. The van der Waals surface area contributed by atoms with Gasteiger partial charge in [-0.1, -0.05) is 5.92 Å². The van der Waals surface area contributed by atoms with Crippen molar-refractivity contribution in [2.24, 2.45) is 5.92 Å². The van der Waals surface area contributed by atoms with Crippen molar-refractivity contribution in [1.82, 2.24) is 14.9 Å². The van der Waals surface area contributed by atoms with Gasteiger partial charge in [-0.15, -0.1) is 6.42 Å². The summed E-state index contributed by atoms with van der Waals surface area (Å²) in [7, 11) is 0. The number of fused-ring (bicyclic) bond motifs is 3. The van der Waals surface area contributed by atoms with Crippen molar-refractivity contribution < 1.29 is 14.3 Å². The number of anilines is 1. The Labute approximate surface area is 192 Å². The Morgan fingerprint density at radius 1 is 1.15 bits per heavy atom. The Hall–Kier alpha value is -3.47. The van der Waals surface area contributed by atoms with Crippen LogP contribution in [0.1, 0.15) is 45.6 Å². The molecule has 33 heavy (non-hydrogen) atoms. The number of pyridine rings is 2. The molecule has 0 unspecified atom stereocenters. The highest BCUT2D eigenvalue weighted by Gasteiger charge is 2.25. The maximum absolute atomic E-state index is 13.7. The van der Waals surface area contributed by atoms with E-state index in [1.54, 1.807) is 6.20 Å². The summed E-state index contributed by atoms with van der Waals surface area (Å²) in [6.45, 7) is 3.47. The maximum Gasteiger partial charge on any atom is 0.254 e. The minimum Gasteiger partial charge on any atom is -0.383 e. The lowest BCUT2D eigenvalue weighted by atomic mass is 9.98. The van der Waals surface area contributed by atoms with Crippen molar-refractivity contribution in [3.8, 4) is 12.3 Å². The summed E-state index contributed by atoms with van der Waals surface area (Å²) in [6, 6.07) is 9.35. The minimum absolute atomic E-state index is 0.0318. The second-order valence-electron chi connectivity index (χ2n) is 8.60. The normalized spacial score (nSPS) is 15.8. The largest absolute Gasteiger partial charge is 0.383 e. The fourth-order valence-electron chi connectivity index (χ4n) is 4.55. The van der Waals surface area contributed by atoms with E-state index in [2.05, 4.69) is 15.9 Å². The Morgan fingerprint density at radius 3 is 2.73 bits per heavy atom. The number of carbonyl (C=O) groups is 1. The smallest absolute Gasteiger partial charge is 0.254 e. The first kappa shape index (κ1) is 21.4. The molecule has 7 heteroatoms. The molecule has 0 atom stereocenters. The van der Waals surface area contributed by atoms with Crippen molar-refractivity contribution in [3.05, 3.63) is 64.5 Å². The molecule has 2 aliphatic rings. The van der Waals surface area contributed by atoms with Crippen LogP contribution in [-0.2, 0) is 29.2 Å². The number of carbonyl (C=O) groups excluding carboxylic acids is 1. The van der Waals surface area contributed by atoms with Crippen LogP contribution >= 0.6 is 0 Å². The van der Waals surface area contributed by atoms with Crippen molar-refractivity contribution in [3.63, 3.8) is 0 Å². The lowest BCUT2D eigenvalue weighted by molar-refractivity contribution is 0.0444. The Kier molecular flexibility index (Phi) is 5.95. The summed E-state index contributed by atoms with van der Waals surface area (Å²) in [4.78, 5) is 24.6. The summed E-state index contributed by atoms with van der Waals surface area (Å²) in [5.74, 6) is 3.44. The number of benzene rings is 1. The van der Waals surface area contributed by atoms with Crippen LogP contribution in [0.4, 0.5) is 5.82 Å². The van der Waals surface area contributed by atoms with Crippen molar-refractivity contribution in [2.45, 2.75) is 32.6 Å². The van der Waals surface area contributed by atoms with Crippen molar-refractivity contribution in [1.29, 1.82) is 0 Å². The van der Waals surface area contributed by atoms with Crippen LogP contribution in [0.15, 0.2) is 36.5 Å². The standard InChI is InChI=1S/C26H26N4O3/c1-2-17-3-5-20(28-12-17)14-30(13-18-7-9-32-10-8-18)26(31)19-4-6-24-21(11-19)22-15-33-16-23(22)25(27)29-24/h1,3-6,11-12,18H,7-10,13-16H2,(H2,27,29). The van der Waals surface area contributed by atoms with Crippen molar-refractivity contribution >= 4 is 22.6 Å². The van der Waals surface area contributed by atoms with Crippen LogP contribution in [-0.4, -0.2) is 40.5 Å². The van der Waals surface area contributed by atoms with E-state index in [0.717, 1.165) is 59.3 Å². The van der Waals surface area contributed by atoms with Crippen LogP contribution in [0.3, 0.4) is 0 Å². The average Bonchev–Trinajstić information content (AvgIpc) is 3.35. The summed E-state index contributed by atoms with van der Waals surface area (Å²) in [5, 5.41) is 0.921. The molecule has 1 aromatic carbocycles. The maximum atomic E-state index is 13.7. The third-order valence-corrected chi connectivity index (χ3v) is 6.43. The number of nitrogen functional groups attached to an aromatic ring is 1. The monoisotopic (exact) mass is 442 g/mol. The van der Waals surface area contributed by atoms with Crippen molar-refractivity contribution in [2.75, 3.05) is 25.5 Å². The average molecular weight is 443 g/mol. The molecule has 2 aromatic heterocycles. The number of hydrogen-bond acceptors (Lipinski definition) is 6. The fourth-order valence-corrected chi connectivity index (χ4v) is 4.55. The van der Waals surface area contributed by atoms with Gasteiger partial charge in [-0.2, -0.15) is 0 Å². The van der Waals surface area contributed by atoms with Gasteiger partial charge < -0.3 is 20.1 Å². The van der Waals surface area contributed by atoms with Crippen LogP contribution in [0.5, 0.6) is 0 Å². The molecular formula is C26H26N4O3. The fraction of sp³-hybridized carbons (Fsp3) is 0.346. The molecule has 0 aliphatic carbocycles. The highest BCUT2D eigenvalue weighted by molar-refractivity contribution is 5.99. The number of hydrogen-bond donors (Lipinski definition) is 1. The molecule has 3 aromatic rings. The van der Waals surface area contributed by atoms with Crippen LogP contribution in [0.25, 0.3) is 10.9 Å². The highest BCUT2D eigenvalue weighted by Crippen LogP contribution is 2.32. The second kappa shape index (κ2) is 9.18. The van der Waals surface area contributed by atoms with Gasteiger partial charge in [0.1, 0.15) is 5.82 Å². The Morgan fingerprint density at radius 2 is 1.97 bits per heavy atom. The van der Waals surface area contributed by atoms with Gasteiger partial charge in [0.2, 0.25) is 0 Å². The van der Waals surface area contributed by atoms with Gasteiger partial charge in [-0.05, 0) is 54.7 Å². The van der Waals surface area contributed by atoms with E-state index in [1.165, 1.54) is 0 Å². The molecule has 1 amide bonds. The number of aromatic nitrogens is 2. The summed E-state index contributed by atoms with van der Waals surface area (Å²) < 4.78 is 11.1. The van der Waals surface area contributed by atoms with Gasteiger partial charge >= 0.3 is 0 Å². The summed E-state index contributed by atoms with van der Waals surface area (Å²) in [6.07, 6.45) is 9.01. The first-order chi connectivity index (χ1) is 16.1. The molecule has 2 aliphatic heterocycles. The van der Waals surface area contributed by atoms with E-state index in [4.69, 9.17) is 21.6 Å². The van der Waals surface area contributed by atoms with Gasteiger partial charge in [-0.25, -0.2) is 4.98 Å². The van der Waals surface area contributed by atoms with Gasteiger partial charge in [0.05, 0.1) is 31.0 Å². The molecule has 0 bridgehead atoms. The van der Waals surface area contributed by atoms with Crippen LogP contribution in [0.2, 0.25) is 0 Å². The second-order valence-corrected chi connectivity index (χ2v) is 8.60. The molecule has 0 saturated carbocycles. The molecule has 5 rings (SSSR count). The first-order valence-corrected chi connectivity index (χ1v) is 11.2. The quantitative estimate of drug-likeness (QED) is 0.610. The third kappa shape index (κ3) is 4.40. The molecule has 1 saturated heterocycles. The number of terminal acetylenes is 1. The first-order valence-electron chi connectivity index (χ1n) is 11.2. The topological polar surface area (TPSA) is 90.6 Å². The lowest BCUT2D eigenvalue weighted by Gasteiger charge is -2.30. The zero-order valence-corrected chi connectivity index (χ0v) is 18.4. The predicted octanol–water partition coefficient (Wildman–Crippen LogP) is 3.29. The number of nitrogens with two attached hydrogens (primary N) is 1. The molecule has 2 N–H and O–H groups in total. The summed E-state index contributed by atoms with van der Waals surface area (Å²) >= 11 is 0. The molecule has 0 radical (unpaired) electrons. The van der Waals surface area contributed by atoms with Crippen LogP contribution < -0.4 is 5.73 Å². The van der Waals surface area contributed by atoms with Gasteiger partial charge in [0.25, 0.3) is 5.91 Å². The number of ether oxygens (including phenoxy) is 2. The molecule has 4 heterocycles. The van der Waals surface area contributed by atoms with Gasteiger partial charge in [0.15, 0.2) is 0 Å². The SMILES string of the molecule is C#Cc1ccc(CN(CC2CCOCC2)C(=O)c2ccc3nc(N)c4c(c3c2)COC4)nc1. The third-order valence-electron chi connectivity index (χ3n) is 6.43. The van der Waals surface area contributed by atoms with Gasteiger partial charge in [0, 0.05) is 48.0 Å².